The van der Waals surface area contributed by atoms with Crippen LogP contribution in [0.1, 0.15) is 63.5 Å². The second kappa shape index (κ2) is 9.84. The molecule has 0 spiro atoms. The fraction of sp³-hybridized carbons (Fsp3) is 0.500. The molecule has 0 nitrogen and oxygen atoms in total. The maximum Gasteiger partial charge on any atom is 0.0483 e. The van der Waals surface area contributed by atoms with Gasteiger partial charge in [-0.3, -0.25) is 0 Å². The molecule has 1 atom stereocenters. The van der Waals surface area contributed by atoms with Crippen molar-refractivity contribution in [2.24, 2.45) is 5.92 Å². The molecule has 0 fully saturated rings. The van der Waals surface area contributed by atoms with E-state index in [2.05, 4.69) is 51.6 Å². The van der Waals surface area contributed by atoms with Crippen LogP contribution in [0.3, 0.4) is 0 Å². The zero-order valence-corrected chi connectivity index (χ0v) is 14.5. The van der Waals surface area contributed by atoms with Crippen molar-refractivity contribution in [1.82, 2.24) is 0 Å². The summed E-state index contributed by atoms with van der Waals surface area (Å²) in [4.78, 5) is 0. The second-order valence-electron chi connectivity index (χ2n) is 5.94. The number of hydrogen-bond acceptors (Lipinski definition) is 0. The first-order chi connectivity index (χ1) is 10.1. The molecule has 0 aliphatic carbocycles. The van der Waals surface area contributed by atoms with Crippen LogP contribution >= 0.6 is 11.6 Å². The number of benzene rings is 1. The van der Waals surface area contributed by atoms with Crippen LogP contribution in [-0.2, 0) is 0 Å². The van der Waals surface area contributed by atoms with Crippen molar-refractivity contribution in [2.75, 3.05) is 0 Å². The third kappa shape index (κ3) is 6.52. The zero-order chi connectivity index (χ0) is 15.7. The highest BCUT2D eigenvalue weighted by Gasteiger charge is 2.08. The Hall–Kier alpha value is -1.01. The highest BCUT2D eigenvalue weighted by atomic mass is 35.5. The van der Waals surface area contributed by atoms with Crippen molar-refractivity contribution in [1.29, 1.82) is 0 Å². The topological polar surface area (TPSA) is 0 Å². The van der Waals surface area contributed by atoms with E-state index in [1.807, 2.05) is 6.07 Å². The van der Waals surface area contributed by atoms with Crippen molar-refractivity contribution < 1.29 is 0 Å². The van der Waals surface area contributed by atoms with Gasteiger partial charge in [0.1, 0.15) is 0 Å². The van der Waals surface area contributed by atoms with Gasteiger partial charge in [-0.2, -0.15) is 0 Å². The van der Waals surface area contributed by atoms with Crippen LogP contribution in [0.15, 0.2) is 36.9 Å². The number of allylic oxidation sites excluding steroid dienone is 3. The summed E-state index contributed by atoms with van der Waals surface area (Å²) in [6.07, 6.45) is 11.8. The Morgan fingerprint density at radius 1 is 1.33 bits per heavy atom. The summed E-state index contributed by atoms with van der Waals surface area (Å²) >= 11 is 6.31. The van der Waals surface area contributed by atoms with E-state index in [4.69, 9.17) is 11.6 Å². The predicted octanol–water partition coefficient (Wildman–Crippen LogP) is 7.21. The highest BCUT2D eigenvalue weighted by Crippen LogP contribution is 2.29. The van der Waals surface area contributed by atoms with Gasteiger partial charge in [0.25, 0.3) is 0 Å². The van der Waals surface area contributed by atoms with Crippen molar-refractivity contribution in [3.8, 4) is 0 Å². The van der Waals surface area contributed by atoms with Gasteiger partial charge in [-0.15, -0.1) is 0 Å². The normalized spacial score (nSPS) is 12.8. The SMILES string of the molecule is C=C(CCCC(C/C=C/C)CCC)c1ccc(C)cc1Cl. The van der Waals surface area contributed by atoms with E-state index in [0.717, 1.165) is 22.9 Å². The standard InChI is InChI=1S/C20H29Cl/c1-5-7-11-18(9-6-2)12-8-10-17(4)19-14-13-16(3)15-20(19)21/h5,7,13-15,18H,4,6,8-12H2,1-3H3/b7-5+. The van der Waals surface area contributed by atoms with Gasteiger partial charge in [0.05, 0.1) is 0 Å². The lowest BCUT2D eigenvalue weighted by Crippen LogP contribution is -1.99. The van der Waals surface area contributed by atoms with Crippen molar-refractivity contribution in [2.45, 2.75) is 59.3 Å². The van der Waals surface area contributed by atoms with Gasteiger partial charge in [-0.1, -0.05) is 62.2 Å². The molecule has 116 valence electrons. The molecule has 0 radical (unpaired) electrons. The van der Waals surface area contributed by atoms with Crippen LogP contribution in [0, 0.1) is 12.8 Å². The molecule has 0 N–H and O–H groups in total. The third-order valence-corrected chi connectivity index (χ3v) is 4.31. The summed E-state index contributed by atoms with van der Waals surface area (Å²) in [5, 5.41) is 0.832. The minimum Gasteiger partial charge on any atom is -0.0952 e. The average molecular weight is 305 g/mol. The van der Waals surface area contributed by atoms with Crippen molar-refractivity contribution in [3.05, 3.63) is 53.1 Å². The fourth-order valence-electron chi connectivity index (χ4n) is 2.76. The molecule has 0 aliphatic rings. The lowest BCUT2D eigenvalue weighted by molar-refractivity contribution is 0.439. The Balaban J connectivity index is 2.48. The van der Waals surface area contributed by atoms with Gasteiger partial charge >= 0.3 is 0 Å². The molecule has 0 saturated heterocycles. The van der Waals surface area contributed by atoms with Crippen molar-refractivity contribution in [3.63, 3.8) is 0 Å². The minimum absolute atomic E-state index is 0.812. The molecule has 0 aromatic heterocycles. The Labute approximate surface area is 135 Å². The molecular formula is C20H29Cl. The lowest BCUT2D eigenvalue weighted by atomic mass is 9.91. The molecule has 1 aromatic carbocycles. The van der Waals surface area contributed by atoms with Crippen LogP contribution < -0.4 is 0 Å². The Morgan fingerprint density at radius 2 is 2.10 bits per heavy atom. The van der Waals surface area contributed by atoms with E-state index in [9.17, 15) is 0 Å². The summed E-state index contributed by atoms with van der Waals surface area (Å²) in [7, 11) is 0. The summed E-state index contributed by atoms with van der Waals surface area (Å²) in [5.41, 5.74) is 3.48. The third-order valence-electron chi connectivity index (χ3n) is 4.00. The second-order valence-corrected chi connectivity index (χ2v) is 6.35. The van der Waals surface area contributed by atoms with Crippen LogP contribution in [-0.4, -0.2) is 0 Å². The number of halogens is 1. The Morgan fingerprint density at radius 3 is 2.71 bits per heavy atom. The van der Waals surface area contributed by atoms with E-state index < -0.39 is 0 Å². The smallest absolute Gasteiger partial charge is 0.0483 e. The fourth-order valence-corrected chi connectivity index (χ4v) is 3.13. The van der Waals surface area contributed by atoms with E-state index >= 15 is 0 Å². The highest BCUT2D eigenvalue weighted by molar-refractivity contribution is 6.32. The number of aryl methyl sites for hydroxylation is 1. The Bertz CT molecular complexity index is 471. The first-order valence-electron chi connectivity index (χ1n) is 8.13. The van der Waals surface area contributed by atoms with Gasteiger partial charge in [0.15, 0.2) is 0 Å². The molecule has 1 unspecified atom stereocenters. The molecular weight excluding hydrogens is 276 g/mol. The number of hydrogen-bond donors (Lipinski definition) is 0. The van der Waals surface area contributed by atoms with Crippen molar-refractivity contribution >= 4 is 17.2 Å². The van der Waals surface area contributed by atoms with Crippen LogP contribution in [0.2, 0.25) is 5.02 Å². The van der Waals surface area contributed by atoms with E-state index in [1.165, 1.54) is 43.2 Å². The van der Waals surface area contributed by atoms with Crippen LogP contribution in [0.4, 0.5) is 0 Å². The number of rotatable bonds is 9. The van der Waals surface area contributed by atoms with Crippen LogP contribution in [0.25, 0.3) is 5.57 Å². The molecule has 0 aliphatic heterocycles. The van der Waals surface area contributed by atoms with E-state index in [1.54, 1.807) is 0 Å². The molecule has 1 heteroatoms. The summed E-state index contributed by atoms with van der Waals surface area (Å²) < 4.78 is 0. The predicted molar refractivity (Wildman–Crippen MR) is 96.9 cm³/mol. The van der Waals surface area contributed by atoms with Gasteiger partial charge < -0.3 is 0 Å². The lowest BCUT2D eigenvalue weighted by Gasteiger charge is -2.15. The van der Waals surface area contributed by atoms with E-state index in [0.29, 0.717) is 0 Å². The molecule has 0 heterocycles. The molecule has 0 amide bonds. The monoisotopic (exact) mass is 304 g/mol. The quantitative estimate of drug-likeness (QED) is 0.423. The summed E-state index contributed by atoms with van der Waals surface area (Å²) in [5.74, 6) is 0.812. The first-order valence-corrected chi connectivity index (χ1v) is 8.51. The van der Waals surface area contributed by atoms with E-state index in [-0.39, 0.29) is 0 Å². The molecule has 0 bridgehead atoms. The van der Waals surface area contributed by atoms with Gasteiger partial charge in [0, 0.05) is 5.02 Å². The Kier molecular flexibility index (Phi) is 8.45. The van der Waals surface area contributed by atoms with Gasteiger partial charge in [-0.25, -0.2) is 0 Å². The molecule has 1 rings (SSSR count). The summed E-state index contributed by atoms with van der Waals surface area (Å²) in [6, 6.07) is 6.23. The van der Waals surface area contributed by atoms with Gasteiger partial charge in [-0.05, 0) is 68.2 Å². The average Bonchev–Trinajstić information content (AvgIpc) is 2.44. The summed E-state index contributed by atoms with van der Waals surface area (Å²) in [6.45, 7) is 10.7. The molecule has 21 heavy (non-hydrogen) atoms. The maximum atomic E-state index is 6.31. The maximum absolute atomic E-state index is 6.31. The minimum atomic E-state index is 0.812. The molecule has 0 saturated carbocycles. The first kappa shape index (κ1) is 18.0. The van der Waals surface area contributed by atoms with Crippen LogP contribution in [0.5, 0.6) is 0 Å². The zero-order valence-electron chi connectivity index (χ0n) is 13.8. The molecule has 1 aromatic rings. The largest absolute Gasteiger partial charge is 0.0952 e. The van der Waals surface area contributed by atoms with Gasteiger partial charge in [0.2, 0.25) is 0 Å².